The maximum atomic E-state index is 12.9. The summed E-state index contributed by atoms with van der Waals surface area (Å²) in [4.78, 5) is 21.9. The lowest BCUT2D eigenvalue weighted by molar-refractivity contribution is -0.137. The summed E-state index contributed by atoms with van der Waals surface area (Å²) in [6, 6.07) is 11.0. The van der Waals surface area contributed by atoms with Crippen molar-refractivity contribution >= 4 is 17.4 Å². The van der Waals surface area contributed by atoms with Crippen molar-refractivity contribution in [1.82, 2.24) is 0 Å². The minimum atomic E-state index is -4.46. The molecule has 0 heterocycles. The Morgan fingerprint density at radius 3 is 2.36 bits per heavy atom. The SMILES string of the molecule is CON=C(C(=O)OC)c1ccccc1ON=C(C)c1cccc(C(F)(F)F)c1. The summed E-state index contributed by atoms with van der Waals surface area (Å²) in [5.41, 5.74) is -0.236. The summed E-state index contributed by atoms with van der Waals surface area (Å²) in [6.45, 7) is 1.50. The molecule has 2 aromatic rings. The molecular weight excluding hydrogens is 377 g/mol. The number of benzene rings is 2. The summed E-state index contributed by atoms with van der Waals surface area (Å²) < 4.78 is 43.3. The molecular formula is C19H17F3N2O4. The number of alkyl halides is 3. The van der Waals surface area contributed by atoms with Crippen molar-refractivity contribution in [1.29, 1.82) is 0 Å². The third kappa shape index (κ3) is 5.09. The maximum absolute atomic E-state index is 12.9. The smallest absolute Gasteiger partial charge is 0.416 e. The van der Waals surface area contributed by atoms with Gasteiger partial charge in [0.05, 0.1) is 23.9 Å². The van der Waals surface area contributed by atoms with Crippen LogP contribution in [0.5, 0.6) is 5.75 Å². The standard InChI is InChI=1S/C19H17F3N2O4/c1-12(13-7-6-8-14(11-13)19(20,21)22)23-28-16-10-5-4-9-15(16)17(24-27-3)18(25)26-2/h4-11H,1-3H3. The van der Waals surface area contributed by atoms with E-state index in [1.807, 2.05) is 0 Å². The van der Waals surface area contributed by atoms with Crippen molar-refractivity contribution in [2.24, 2.45) is 10.3 Å². The fraction of sp³-hybridized carbons (Fsp3) is 0.211. The van der Waals surface area contributed by atoms with Gasteiger partial charge >= 0.3 is 12.1 Å². The maximum Gasteiger partial charge on any atom is 0.416 e. The first-order valence-corrected chi connectivity index (χ1v) is 7.96. The fourth-order valence-corrected chi connectivity index (χ4v) is 2.22. The van der Waals surface area contributed by atoms with E-state index in [2.05, 4.69) is 19.9 Å². The van der Waals surface area contributed by atoms with Crippen LogP contribution in [0.1, 0.15) is 23.6 Å². The fourth-order valence-electron chi connectivity index (χ4n) is 2.22. The molecule has 0 saturated carbocycles. The van der Waals surface area contributed by atoms with Crippen LogP contribution in [0.2, 0.25) is 0 Å². The van der Waals surface area contributed by atoms with E-state index in [9.17, 15) is 18.0 Å². The second-order valence-corrected chi connectivity index (χ2v) is 5.46. The lowest BCUT2D eigenvalue weighted by atomic mass is 10.1. The van der Waals surface area contributed by atoms with E-state index in [-0.39, 0.29) is 28.3 Å². The van der Waals surface area contributed by atoms with E-state index in [1.54, 1.807) is 18.2 Å². The Morgan fingerprint density at radius 1 is 1.00 bits per heavy atom. The first kappa shape index (κ1) is 20.9. The highest BCUT2D eigenvalue weighted by Gasteiger charge is 2.30. The second-order valence-electron chi connectivity index (χ2n) is 5.46. The number of rotatable bonds is 6. The minimum Gasteiger partial charge on any atom is -0.464 e. The molecule has 6 nitrogen and oxygen atoms in total. The molecule has 0 aromatic heterocycles. The van der Waals surface area contributed by atoms with Crippen LogP contribution in [0.15, 0.2) is 58.8 Å². The summed E-state index contributed by atoms with van der Waals surface area (Å²) in [5.74, 6) is -0.605. The first-order chi connectivity index (χ1) is 13.3. The van der Waals surface area contributed by atoms with Gasteiger partial charge in [0.15, 0.2) is 11.5 Å². The van der Waals surface area contributed by atoms with E-state index >= 15 is 0 Å². The molecule has 0 aliphatic heterocycles. The van der Waals surface area contributed by atoms with E-state index in [1.165, 1.54) is 39.3 Å². The molecule has 0 N–H and O–H groups in total. The molecule has 0 bridgehead atoms. The monoisotopic (exact) mass is 394 g/mol. The van der Waals surface area contributed by atoms with E-state index in [0.29, 0.717) is 0 Å². The molecule has 2 rings (SSSR count). The third-order valence-corrected chi connectivity index (χ3v) is 3.59. The first-order valence-electron chi connectivity index (χ1n) is 7.96. The van der Waals surface area contributed by atoms with Crippen LogP contribution in [-0.2, 0) is 20.5 Å². The van der Waals surface area contributed by atoms with Gasteiger partial charge in [0.25, 0.3) is 0 Å². The number of carbonyl (C=O) groups excluding carboxylic acids is 1. The normalized spacial score (nSPS) is 12.5. The predicted octanol–water partition coefficient (Wildman–Crippen LogP) is 4.03. The van der Waals surface area contributed by atoms with Crippen LogP contribution in [0.25, 0.3) is 0 Å². The summed E-state index contributed by atoms with van der Waals surface area (Å²) in [6.07, 6.45) is -4.46. The highest BCUT2D eigenvalue weighted by molar-refractivity contribution is 6.43. The number of methoxy groups -OCH3 is 1. The van der Waals surface area contributed by atoms with Crippen molar-refractivity contribution in [3.05, 3.63) is 65.2 Å². The number of nitrogens with zero attached hydrogens (tertiary/aromatic N) is 2. The lowest BCUT2D eigenvalue weighted by Gasteiger charge is -2.10. The highest BCUT2D eigenvalue weighted by atomic mass is 19.4. The molecule has 0 aliphatic carbocycles. The van der Waals surface area contributed by atoms with Crippen molar-refractivity contribution in [3.8, 4) is 5.75 Å². The van der Waals surface area contributed by atoms with Gasteiger partial charge < -0.3 is 14.4 Å². The summed E-state index contributed by atoms with van der Waals surface area (Å²) in [5, 5.41) is 7.52. The van der Waals surface area contributed by atoms with Gasteiger partial charge in [0, 0.05) is 0 Å². The van der Waals surface area contributed by atoms with Crippen LogP contribution in [-0.4, -0.2) is 31.6 Å². The number of carbonyl (C=O) groups is 1. The number of esters is 1. The number of para-hydroxylation sites is 1. The van der Waals surface area contributed by atoms with Gasteiger partial charge in [-0.15, -0.1) is 0 Å². The predicted molar refractivity (Wildman–Crippen MR) is 96.3 cm³/mol. The zero-order valence-electron chi connectivity index (χ0n) is 15.3. The summed E-state index contributed by atoms with van der Waals surface area (Å²) in [7, 11) is 2.45. The Kier molecular flexibility index (Phi) is 6.75. The number of hydrogen-bond donors (Lipinski definition) is 0. The Labute approximate surface area is 159 Å². The average molecular weight is 394 g/mol. The number of hydrogen-bond acceptors (Lipinski definition) is 6. The zero-order valence-corrected chi connectivity index (χ0v) is 15.3. The molecule has 0 amide bonds. The molecule has 2 aromatic carbocycles. The van der Waals surface area contributed by atoms with Gasteiger partial charge in [-0.1, -0.05) is 34.6 Å². The van der Waals surface area contributed by atoms with Crippen molar-refractivity contribution in [2.75, 3.05) is 14.2 Å². The van der Waals surface area contributed by atoms with Crippen LogP contribution in [0.4, 0.5) is 13.2 Å². The zero-order chi connectivity index (χ0) is 20.7. The number of halogens is 3. The molecule has 0 fully saturated rings. The number of ether oxygens (including phenoxy) is 1. The summed E-state index contributed by atoms with van der Waals surface area (Å²) >= 11 is 0. The Hall–Kier alpha value is -3.36. The van der Waals surface area contributed by atoms with Gasteiger partial charge in [-0.05, 0) is 36.8 Å². The van der Waals surface area contributed by atoms with Crippen molar-refractivity contribution < 1.29 is 32.4 Å². The van der Waals surface area contributed by atoms with E-state index < -0.39 is 17.7 Å². The molecule has 0 spiro atoms. The van der Waals surface area contributed by atoms with Crippen LogP contribution >= 0.6 is 0 Å². The average Bonchev–Trinajstić information content (AvgIpc) is 2.69. The molecule has 0 aliphatic rings. The molecule has 0 atom stereocenters. The van der Waals surface area contributed by atoms with Crippen LogP contribution in [0, 0.1) is 0 Å². The molecule has 148 valence electrons. The van der Waals surface area contributed by atoms with Crippen LogP contribution < -0.4 is 4.84 Å². The molecule has 0 unspecified atom stereocenters. The van der Waals surface area contributed by atoms with Crippen LogP contribution in [0.3, 0.4) is 0 Å². The molecule has 0 saturated heterocycles. The second kappa shape index (κ2) is 9.03. The molecule has 0 radical (unpaired) electrons. The quantitative estimate of drug-likeness (QED) is 0.421. The topological polar surface area (TPSA) is 69.5 Å². The lowest BCUT2D eigenvalue weighted by Crippen LogP contribution is -2.18. The van der Waals surface area contributed by atoms with Gasteiger partial charge in [-0.25, -0.2) is 4.79 Å². The minimum absolute atomic E-state index is 0.146. The van der Waals surface area contributed by atoms with Gasteiger partial charge in [0.1, 0.15) is 7.11 Å². The highest BCUT2D eigenvalue weighted by Crippen LogP contribution is 2.29. The Balaban J connectivity index is 2.34. The largest absolute Gasteiger partial charge is 0.464 e. The van der Waals surface area contributed by atoms with E-state index in [4.69, 9.17) is 4.84 Å². The van der Waals surface area contributed by atoms with Gasteiger partial charge in [-0.2, -0.15) is 13.2 Å². The number of oxime groups is 2. The molecule has 28 heavy (non-hydrogen) atoms. The van der Waals surface area contributed by atoms with E-state index in [0.717, 1.165) is 12.1 Å². The Bertz CT molecular complexity index is 908. The Morgan fingerprint density at radius 2 is 1.71 bits per heavy atom. The van der Waals surface area contributed by atoms with Crippen molar-refractivity contribution in [2.45, 2.75) is 13.1 Å². The van der Waals surface area contributed by atoms with Gasteiger partial charge in [-0.3, -0.25) is 0 Å². The van der Waals surface area contributed by atoms with Crippen molar-refractivity contribution in [3.63, 3.8) is 0 Å². The third-order valence-electron chi connectivity index (χ3n) is 3.59. The van der Waals surface area contributed by atoms with Gasteiger partial charge in [0.2, 0.25) is 0 Å². The molecule has 9 heteroatoms.